The SMILES string of the molecule is CC1=C(C(=O)Nc2ccccc2C)[C@@H](c2ccc(F)cc2)NC(=S)N1C. The van der Waals surface area contributed by atoms with E-state index in [1.165, 1.54) is 12.1 Å². The Kier molecular flexibility index (Phi) is 5.04. The molecule has 0 aliphatic carbocycles. The summed E-state index contributed by atoms with van der Waals surface area (Å²) in [6.45, 7) is 3.80. The first kappa shape index (κ1) is 18.1. The Morgan fingerprint density at radius 2 is 1.81 bits per heavy atom. The van der Waals surface area contributed by atoms with E-state index in [9.17, 15) is 9.18 Å². The number of rotatable bonds is 3. The summed E-state index contributed by atoms with van der Waals surface area (Å²) >= 11 is 5.37. The van der Waals surface area contributed by atoms with Crippen molar-refractivity contribution in [2.24, 2.45) is 0 Å². The number of anilines is 1. The lowest BCUT2D eigenvalue weighted by molar-refractivity contribution is -0.113. The van der Waals surface area contributed by atoms with Gasteiger partial charge in [0.05, 0.1) is 11.6 Å². The first-order chi connectivity index (χ1) is 12.4. The summed E-state index contributed by atoms with van der Waals surface area (Å²) < 4.78 is 13.3. The smallest absolute Gasteiger partial charge is 0.255 e. The Morgan fingerprint density at radius 3 is 2.46 bits per heavy atom. The fourth-order valence-electron chi connectivity index (χ4n) is 2.94. The van der Waals surface area contributed by atoms with Crippen molar-refractivity contribution in [1.29, 1.82) is 0 Å². The molecule has 1 atom stereocenters. The molecule has 3 rings (SSSR count). The molecule has 6 heteroatoms. The third-order valence-electron chi connectivity index (χ3n) is 4.60. The minimum Gasteiger partial charge on any atom is -0.351 e. The highest BCUT2D eigenvalue weighted by Gasteiger charge is 2.32. The van der Waals surface area contributed by atoms with Crippen LogP contribution >= 0.6 is 12.2 Å². The fraction of sp³-hybridized carbons (Fsp3) is 0.200. The van der Waals surface area contributed by atoms with Gasteiger partial charge in [-0.05, 0) is 55.4 Å². The zero-order valence-electron chi connectivity index (χ0n) is 14.8. The summed E-state index contributed by atoms with van der Waals surface area (Å²) in [5.41, 5.74) is 3.82. The number of carbonyl (C=O) groups excluding carboxylic acids is 1. The van der Waals surface area contributed by atoms with Crippen LogP contribution < -0.4 is 10.6 Å². The number of amides is 1. The largest absolute Gasteiger partial charge is 0.351 e. The number of nitrogens with zero attached hydrogens (tertiary/aromatic N) is 1. The summed E-state index contributed by atoms with van der Waals surface area (Å²) in [6, 6.07) is 13.2. The predicted molar refractivity (Wildman–Crippen MR) is 105 cm³/mol. The van der Waals surface area contributed by atoms with Crippen LogP contribution in [0.4, 0.5) is 10.1 Å². The van der Waals surface area contributed by atoms with Gasteiger partial charge in [-0.3, -0.25) is 4.79 Å². The van der Waals surface area contributed by atoms with Gasteiger partial charge in [-0.2, -0.15) is 0 Å². The molecule has 1 amide bonds. The van der Waals surface area contributed by atoms with E-state index in [0.29, 0.717) is 10.7 Å². The van der Waals surface area contributed by atoms with E-state index in [-0.39, 0.29) is 11.7 Å². The lowest BCUT2D eigenvalue weighted by Crippen LogP contribution is -2.46. The Bertz CT molecular complexity index is 892. The van der Waals surface area contributed by atoms with Crippen molar-refractivity contribution in [1.82, 2.24) is 10.2 Å². The van der Waals surface area contributed by atoms with Crippen LogP contribution in [0.1, 0.15) is 24.1 Å². The topological polar surface area (TPSA) is 44.4 Å². The molecule has 1 aliphatic heterocycles. The van der Waals surface area contributed by atoms with Gasteiger partial charge in [0.25, 0.3) is 5.91 Å². The van der Waals surface area contributed by atoms with Crippen molar-refractivity contribution >= 4 is 28.9 Å². The van der Waals surface area contributed by atoms with E-state index >= 15 is 0 Å². The molecule has 0 spiro atoms. The molecule has 0 bridgehead atoms. The number of hydrogen-bond acceptors (Lipinski definition) is 2. The molecule has 134 valence electrons. The first-order valence-corrected chi connectivity index (χ1v) is 8.66. The molecule has 0 fully saturated rings. The third kappa shape index (κ3) is 3.46. The standard InChI is InChI=1S/C20H20FN3OS/c1-12-6-4-5-7-16(12)22-19(25)17-13(2)24(3)20(26)23-18(17)14-8-10-15(21)11-9-14/h4-11,18H,1-3H3,(H,22,25)(H,23,26)/t18-/m1/s1. The second-order valence-electron chi connectivity index (χ2n) is 6.26. The van der Waals surface area contributed by atoms with Gasteiger partial charge in [0.2, 0.25) is 0 Å². The molecule has 2 N–H and O–H groups in total. The highest BCUT2D eigenvalue weighted by molar-refractivity contribution is 7.80. The Hall–Kier alpha value is -2.73. The number of halogens is 1. The highest BCUT2D eigenvalue weighted by Crippen LogP contribution is 2.31. The van der Waals surface area contributed by atoms with Crippen LogP contribution in [0.15, 0.2) is 59.8 Å². The number of hydrogen-bond donors (Lipinski definition) is 2. The minimum absolute atomic E-state index is 0.215. The molecule has 26 heavy (non-hydrogen) atoms. The van der Waals surface area contributed by atoms with Crippen LogP contribution in [0.3, 0.4) is 0 Å². The van der Waals surface area contributed by atoms with Crippen molar-refractivity contribution in [3.8, 4) is 0 Å². The average Bonchev–Trinajstić information content (AvgIpc) is 2.62. The molecule has 0 saturated heterocycles. The summed E-state index contributed by atoms with van der Waals surface area (Å²) in [5, 5.41) is 6.67. The summed E-state index contributed by atoms with van der Waals surface area (Å²) in [4.78, 5) is 14.8. The molecular weight excluding hydrogens is 349 g/mol. The van der Waals surface area contributed by atoms with Crippen molar-refractivity contribution in [2.45, 2.75) is 19.9 Å². The molecule has 4 nitrogen and oxygen atoms in total. The van der Waals surface area contributed by atoms with Crippen molar-refractivity contribution < 1.29 is 9.18 Å². The van der Waals surface area contributed by atoms with Crippen LogP contribution in [0.2, 0.25) is 0 Å². The quantitative estimate of drug-likeness (QED) is 0.806. The van der Waals surface area contributed by atoms with Gasteiger partial charge in [0.15, 0.2) is 5.11 Å². The lowest BCUT2D eigenvalue weighted by atomic mass is 9.94. The predicted octanol–water partition coefficient (Wildman–Crippen LogP) is 3.91. The molecule has 0 saturated carbocycles. The minimum atomic E-state index is -0.441. The van der Waals surface area contributed by atoms with Gasteiger partial charge in [0, 0.05) is 18.4 Å². The second kappa shape index (κ2) is 7.25. The first-order valence-electron chi connectivity index (χ1n) is 8.26. The highest BCUT2D eigenvalue weighted by atomic mass is 32.1. The normalized spacial score (nSPS) is 17.2. The van der Waals surface area contributed by atoms with Crippen LogP contribution in [0.5, 0.6) is 0 Å². The number of allylic oxidation sites excluding steroid dienone is 1. The molecule has 2 aromatic rings. The van der Waals surface area contributed by atoms with Crippen molar-refractivity contribution in [3.63, 3.8) is 0 Å². The summed E-state index contributed by atoms with van der Waals surface area (Å²) in [6.07, 6.45) is 0. The molecule has 2 aromatic carbocycles. The fourth-order valence-corrected chi connectivity index (χ4v) is 3.19. The van der Waals surface area contributed by atoms with Gasteiger partial charge in [-0.1, -0.05) is 30.3 Å². The van der Waals surface area contributed by atoms with E-state index in [2.05, 4.69) is 10.6 Å². The molecule has 1 aliphatic rings. The average molecular weight is 369 g/mol. The van der Waals surface area contributed by atoms with Crippen LogP contribution in [0, 0.1) is 12.7 Å². The Balaban J connectivity index is 2.01. The maximum absolute atomic E-state index is 13.3. The van der Waals surface area contributed by atoms with Gasteiger partial charge < -0.3 is 15.5 Å². The van der Waals surface area contributed by atoms with E-state index in [0.717, 1.165) is 22.5 Å². The van der Waals surface area contributed by atoms with Crippen LogP contribution in [-0.4, -0.2) is 23.0 Å². The van der Waals surface area contributed by atoms with E-state index in [4.69, 9.17) is 12.2 Å². The van der Waals surface area contributed by atoms with Crippen LogP contribution in [-0.2, 0) is 4.79 Å². The van der Waals surface area contributed by atoms with Gasteiger partial charge in [-0.15, -0.1) is 0 Å². The van der Waals surface area contributed by atoms with Crippen LogP contribution in [0.25, 0.3) is 0 Å². The summed E-state index contributed by atoms with van der Waals surface area (Å²) in [5.74, 6) is -0.538. The maximum Gasteiger partial charge on any atom is 0.255 e. The van der Waals surface area contributed by atoms with Crippen molar-refractivity contribution in [3.05, 3.63) is 76.7 Å². The number of carbonyl (C=O) groups is 1. The van der Waals surface area contributed by atoms with E-state index in [1.807, 2.05) is 45.2 Å². The molecule has 0 unspecified atom stereocenters. The van der Waals surface area contributed by atoms with E-state index < -0.39 is 6.04 Å². The summed E-state index contributed by atoms with van der Waals surface area (Å²) in [7, 11) is 1.81. The Morgan fingerprint density at radius 1 is 1.15 bits per heavy atom. The number of aryl methyl sites for hydroxylation is 1. The number of nitrogens with one attached hydrogen (secondary N) is 2. The van der Waals surface area contributed by atoms with Gasteiger partial charge in [-0.25, -0.2) is 4.39 Å². The van der Waals surface area contributed by atoms with Gasteiger partial charge in [0.1, 0.15) is 5.82 Å². The molecule has 1 heterocycles. The van der Waals surface area contributed by atoms with Gasteiger partial charge >= 0.3 is 0 Å². The second-order valence-corrected chi connectivity index (χ2v) is 6.65. The van der Waals surface area contributed by atoms with E-state index in [1.54, 1.807) is 17.0 Å². The number of benzene rings is 2. The van der Waals surface area contributed by atoms with Crippen molar-refractivity contribution in [2.75, 3.05) is 12.4 Å². The molecule has 0 radical (unpaired) electrons. The monoisotopic (exact) mass is 369 g/mol. The lowest BCUT2D eigenvalue weighted by Gasteiger charge is -2.35. The third-order valence-corrected chi connectivity index (χ3v) is 4.99. The maximum atomic E-state index is 13.3. The Labute approximate surface area is 157 Å². The zero-order chi connectivity index (χ0) is 18.8. The zero-order valence-corrected chi connectivity index (χ0v) is 15.7. The number of para-hydroxylation sites is 1. The number of thiocarbonyl (C=S) groups is 1. The molecule has 0 aromatic heterocycles. The molecular formula is C20H20FN3OS.